The lowest BCUT2D eigenvalue weighted by Crippen LogP contribution is -2.53. The minimum Gasteiger partial charge on any atom is -0.393 e. The molecule has 0 saturated heterocycles. The molecular weight excluding hydrogens is 308 g/mol. The lowest BCUT2D eigenvalue weighted by atomic mass is 9.45. The molecule has 0 amide bonds. The highest BCUT2D eigenvalue weighted by Gasteiger charge is 2.66. The average molecular weight is 345 g/mol. The maximum atomic E-state index is 12.7. The summed E-state index contributed by atoms with van der Waals surface area (Å²) in [6, 6.07) is 0. The van der Waals surface area contributed by atoms with Crippen LogP contribution in [0.3, 0.4) is 0 Å². The van der Waals surface area contributed by atoms with Gasteiger partial charge in [0.05, 0.1) is 6.10 Å². The number of aliphatic hydroxyl groups excluding tert-OH is 1. The number of allylic oxidation sites excluding steroid dienone is 1. The van der Waals surface area contributed by atoms with Crippen molar-refractivity contribution in [2.75, 3.05) is 0 Å². The molecule has 2 heteroatoms. The van der Waals surface area contributed by atoms with Gasteiger partial charge in [-0.15, -0.1) is 0 Å². The van der Waals surface area contributed by atoms with E-state index in [1.165, 1.54) is 31.3 Å². The van der Waals surface area contributed by atoms with Crippen molar-refractivity contribution in [3.63, 3.8) is 0 Å². The predicted octanol–water partition coefficient (Wildman–Crippen LogP) is 5.15. The van der Waals surface area contributed by atoms with Crippen LogP contribution in [0, 0.1) is 39.9 Å². The molecular formula is C23H36O2. The summed E-state index contributed by atoms with van der Waals surface area (Å²) in [4.78, 5) is 12.7. The Kier molecular flexibility index (Phi) is 3.87. The van der Waals surface area contributed by atoms with Gasteiger partial charge in [-0.1, -0.05) is 39.3 Å². The van der Waals surface area contributed by atoms with Crippen LogP contribution in [-0.4, -0.2) is 17.0 Å². The first-order valence-electron chi connectivity index (χ1n) is 10.5. The molecule has 25 heavy (non-hydrogen) atoms. The summed E-state index contributed by atoms with van der Waals surface area (Å²) in [6.45, 7) is 11.3. The molecule has 0 unspecified atom stereocenters. The summed E-state index contributed by atoms with van der Waals surface area (Å²) < 4.78 is 0. The number of hydrogen-bond donors (Lipinski definition) is 1. The summed E-state index contributed by atoms with van der Waals surface area (Å²) in [5, 5.41) is 10.1. The van der Waals surface area contributed by atoms with Gasteiger partial charge in [0.25, 0.3) is 0 Å². The highest BCUT2D eigenvalue weighted by atomic mass is 16.3. The minimum absolute atomic E-state index is 0.128. The van der Waals surface area contributed by atoms with Gasteiger partial charge in [-0.3, -0.25) is 4.79 Å². The molecule has 140 valence electrons. The first kappa shape index (κ1) is 17.8. The Morgan fingerprint density at radius 3 is 2.56 bits per heavy atom. The van der Waals surface area contributed by atoms with Gasteiger partial charge in [-0.2, -0.15) is 0 Å². The van der Waals surface area contributed by atoms with E-state index in [9.17, 15) is 9.90 Å². The SMILES string of the molecule is CC(=O)[C@@]1(C)[C@H](C)C[C@@H]2[C@@H]3CC=C4C[C@H](O)CC[C@]4(C)[C@H]3CC[C@@]21C. The van der Waals surface area contributed by atoms with Crippen molar-refractivity contribution >= 4 is 5.78 Å². The maximum absolute atomic E-state index is 12.7. The summed E-state index contributed by atoms with van der Waals surface area (Å²) >= 11 is 0. The first-order chi connectivity index (χ1) is 11.6. The van der Waals surface area contributed by atoms with E-state index in [4.69, 9.17) is 0 Å². The molecule has 0 radical (unpaired) electrons. The Labute approximate surface area is 153 Å². The van der Waals surface area contributed by atoms with Crippen molar-refractivity contribution in [1.29, 1.82) is 0 Å². The molecule has 8 atom stereocenters. The fourth-order valence-corrected chi connectivity index (χ4v) is 7.97. The van der Waals surface area contributed by atoms with E-state index in [0.29, 0.717) is 23.0 Å². The number of carbonyl (C=O) groups is 1. The number of rotatable bonds is 1. The maximum Gasteiger partial charge on any atom is 0.136 e. The molecule has 4 rings (SSSR count). The average Bonchev–Trinajstić information content (AvgIpc) is 2.77. The van der Waals surface area contributed by atoms with Crippen LogP contribution < -0.4 is 0 Å². The van der Waals surface area contributed by atoms with E-state index in [1.807, 2.05) is 6.92 Å². The van der Waals surface area contributed by atoms with E-state index in [2.05, 4.69) is 33.8 Å². The van der Waals surface area contributed by atoms with Gasteiger partial charge < -0.3 is 5.11 Å². The topological polar surface area (TPSA) is 37.3 Å². The van der Waals surface area contributed by atoms with E-state index >= 15 is 0 Å². The molecule has 0 aliphatic heterocycles. The fraction of sp³-hybridized carbons (Fsp3) is 0.870. The third kappa shape index (κ3) is 2.10. The van der Waals surface area contributed by atoms with Gasteiger partial charge in [0, 0.05) is 5.41 Å². The van der Waals surface area contributed by atoms with Gasteiger partial charge in [-0.05, 0) is 86.4 Å². The van der Waals surface area contributed by atoms with Gasteiger partial charge in [-0.25, -0.2) is 0 Å². The number of ketones is 1. The van der Waals surface area contributed by atoms with Crippen LogP contribution in [0.25, 0.3) is 0 Å². The number of carbonyl (C=O) groups excluding carboxylic acids is 1. The molecule has 0 heterocycles. The monoisotopic (exact) mass is 344 g/mol. The lowest BCUT2D eigenvalue weighted by Gasteiger charge is -2.59. The fourth-order valence-electron chi connectivity index (χ4n) is 7.97. The molecule has 3 fully saturated rings. The second-order valence-electron chi connectivity index (χ2n) is 10.5. The smallest absolute Gasteiger partial charge is 0.136 e. The number of aliphatic hydroxyl groups is 1. The molecule has 4 aliphatic rings. The molecule has 0 aromatic rings. The molecule has 2 nitrogen and oxygen atoms in total. The van der Waals surface area contributed by atoms with Crippen molar-refractivity contribution in [2.24, 2.45) is 39.9 Å². The normalized spacial score (nSPS) is 55.0. The van der Waals surface area contributed by atoms with Crippen LogP contribution in [0.15, 0.2) is 11.6 Å². The van der Waals surface area contributed by atoms with Gasteiger partial charge in [0.15, 0.2) is 0 Å². The van der Waals surface area contributed by atoms with Crippen molar-refractivity contribution in [3.05, 3.63) is 11.6 Å². The highest BCUT2D eigenvalue weighted by Crippen LogP contribution is 2.71. The van der Waals surface area contributed by atoms with Crippen LogP contribution in [0.5, 0.6) is 0 Å². The standard InChI is InChI=1S/C23H36O2/c1-14-12-20-18-7-6-16-13-17(25)8-10-21(16,3)19(18)9-11-22(20,4)23(14,5)15(2)24/h6,14,17-20,25H,7-13H2,1-5H3/t14-,17-,18-,19+,20-,21+,22+,23-/m1/s1. The minimum atomic E-state index is -0.156. The summed E-state index contributed by atoms with van der Waals surface area (Å²) in [5.41, 5.74) is 1.84. The van der Waals surface area contributed by atoms with E-state index < -0.39 is 0 Å². The largest absolute Gasteiger partial charge is 0.393 e. The molecule has 0 bridgehead atoms. The summed E-state index contributed by atoms with van der Waals surface area (Å²) in [7, 11) is 0. The van der Waals surface area contributed by atoms with E-state index in [-0.39, 0.29) is 16.9 Å². The Bertz CT molecular complexity index is 622. The van der Waals surface area contributed by atoms with Crippen LogP contribution in [0.4, 0.5) is 0 Å². The van der Waals surface area contributed by atoms with Crippen molar-refractivity contribution in [1.82, 2.24) is 0 Å². The Hall–Kier alpha value is -0.630. The Balaban J connectivity index is 1.72. The van der Waals surface area contributed by atoms with Crippen LogP contribution >= 0.6 is 0 Å². The van der Waals surface area contributed by atoms with E-state index in [1.54, 1.807) is 0 Å². The Morgan fingerprint density at radius 1 is 1.16 bits per heavy atom. The Morgan fingerprint density at radius 2 is 1.88 bits per heavy atom. The predicted molar refractivity (Wildman–Crippen MR) is 101 cm³/mol. The third-order valence-electron chi connectivity index (χ3n) is 9.98. The molecule has 0 aromatic carbocycles. The zero-order valence-corrected chi connectivity index (χ0v) is 16.8. The zero-order chi connectivity index (χ0) is 18.2. The number of Topliss-reactive ketones (excluding diaryl/α,β-unsaturated/α-hetero) is 1. The summed E-state index contributed by atoms with van der Waals surface area (Å²) in [6.07, 6.45) is 10.2. The summed E-state index contributed by atoms with van der Waals surface area (Å²) in [5.74, 6) is 3.05. The molecule has 3 saturated carbocycles. The van der Waals surface area contributed by atoms with Gasteiger partial charge in [0.2, 0.25) is 0 Å². The number of hydrogen-bond acceptors (Lipinski definition) is 2. The van der Waals surface area contributed by atoms with Gasteiger partial charge in [0.1, 0.15) is 5.78 Å². The number of fused-ring (bicyclic) bond motifs is 5. The van der Waals surface area contributed by atoms with Crippen LogP contribution in [0.1, 0.15) is 79.6 Å². The second kappa shape index (κ2) is 5.44. The van der Waals surface area contributed by atoms with Crippen molar-refractivity contribution in [3.8, 4) is 0 Å². The van der Waals surface area contributed by atoms with Crippen molar-refractivity contribution in [2.45, 2.75) is 85.7 Å². The molecule has 0 spiro atoms. The van der Waals surface area contributed by atoms with Crippen molar-refractivity contribution < 1.29 is 9.90 Å². The zero-order valence-electron chi connectivity index (χ0n) is 16.8. The molecule has 1 N–H and O–H groups in total. The third-order valence-corrected chi connectivity index (χ3v) is 9.98. The first-order valence-corrected chi connectivity index (χ1v) is 10.5. The van der Waals surface area contributed by atoms with Crippen LogP contribution in [-0.2, 0) is 4.79 Å². The highest BCUT2D eigenvalue weighted by molar-refractivity contribution is 5.83. The van der Waals surface area contributed by atoms with Gasteiger partial charge >= 0.3 is 0 Å². The second-order valence-corrected chi connectivity index (χ2v) is 10.5. The molecule has 4 aliphatic carbocycles. The van der Waals surface area contributed by atoms with E-state index in [0.717, 1.165) is 31.1 Å². The molecule has 0 aromatic heterocycles. The van der Waals surface area contributed by atoms with Crippen LogP contribution in [0.2, 0.25) is 0 Å². The quantitative estimate of drug-likeness (QED) is 0.668. The lowest BCUT2D eigenvalue weighted by molar-refractivity contribution is -0.140.